The maximum Gasteiger partial charge on any atom is 0.213 e. The molecule has 88 valence electrons. The second kappa shape index (κ2) is 5.34. The second-order valence-corrected chi connectivity index (χ2v) is 3.73. The quantitative estimate of drug-likeness (QED) is 0.807. The predicted molar refractivity (Wildman–Crippen MR) is 66.3 cm³/mol. The van der Waals surface area contributed by atoms with Crippen LogP contribution in [0.4, 0.5) is 0 Å². The molecule has 0 N–H and O–H groups in total. The molecule has 0 unspecified atom stereocenters. The summed E-state index contributed by atoms with van der Waals surface area (Å²) in [6.45, 7) is 2.47. The molecule has 0 saturated carbocycles. The van der Waals surface area contributed by atoms with Gasteiger partial charge in [-0.2, -0.15) is 0 Å². The summed E-state index contributed by atoms with van der Waals surface area (Å²) in [7, 11) is 1.61. The van der Waals surface area contributed by atoms with E-state index in [2.05, 4.69) is 4.98 Å². The van der Waals surface area contributed by atoms with Gasteiger partial charge < -0.3 is 9.47 Å². The summed E-state index contributed by atoms with van der Waals surface area (Å²) in [5, 5.41) is 0. The lowest BCUT2D eigenvalue weighted by atomic mass is 10.2. The van der Waals surface area contributed by atoms with Crippen LogP contribution in [0.2, 0.25) is 0 Å². The monoisotopic (exact) mass is 229 g/mol. The highest BCUT2D eigenvalue weighted by molar-refractivity contribution is 5.31. The average molecular weight is 229 g/mol. The Kier molecular flexibility index (Phi) is 3.60. The number of benzene rings is 1. The van der Waals surface area contributed by atoms with Crippen LogP contribution < -0.4 is 9.47 Å². The van der Waals surface area contributed by atoms with Gasteiger partial charge in [-0.1, -0.05) is 24.3 Å². The molecule has 0 bridgehead atoms. The van der Waals surface area contributed by atoms with E-state index in [0.29, 0.717) is 12.5 Å². The summed E-state index contributed by atoms with van der Waals surface area (Å²) >= 11 is 0. The van der Waals surface area contributed by atoms with Gasteiger partial charge in [-0.15, -0.1) is 0 Å². The van der Waals surface area contributed by atoms with Crippen molar-refractivity contribution in [2.24, 2.45) is 0 Å². The molecule has 0 atom stereocenters. The van der Waals surface area contributed by atoms with Crippen molar-refractivity contribution in [3.8, 4) is 11.6 Å². The summed E-state index contributed by atoms with van der Waals surface area (Å²) < 4.78 is 10.8. The standard InChI is InChI=1S/C14H15NO2/c1-11-6-3-4-8-13(11)17-10-12-7-5-9-14(15-12)16-2/h3-9H,10H2,1-2H3. The zero-order valence-corrected chi connectivity index (χ0v) is 10.0. The first-order valence-electron chi connectivity index (χ1n) is 5.48. The number of rotatable bonds is 4. The van der Waals surface area contributed by atoms with E-state index in [1.54, 1.807) is 7.11 Å². The fourth-order valence-electron chi connectivity index (χ4n) is 1.52. The molecular weight excluding hydrogens is 214 g/mol. The fourth-order valence-corrected chi connectivity index (χ4v) is 1.52. The number of hydrogen-bond acceptors (Lipinski definition) is 3. The molecule has 0 aliphatic heterocycles. The van der Waals surface area contributed by atoms with Crippen molar-refractivity contribution < 1.29 is 9.47 Å². The van der Waals surface area contributed by atoms with Gasteiger partial charge in [0.2, 0.25) is 5.88 Å². The Morgan fingerprint density at radius 1 is 1.06 bits per heavy atom. The van der Waals surface area contributed by atoms with E-state index in [-0.39, 0.29) is 0 Å². The third-order valence-electron chi connectivity index (χ3n) is 2.46. The van der Waals surface area contributed by atoms with Gasteiger partial charge in [0.1, 0.15) is 12.4 Å². The van der Waals surface area contributed by atoms with E-state index in [9.17, 15) is 0 Å². The molecule has 1 aromatic heterocycles. The van der Waals surface area contributed by atoms with Gasteiger partial charge in [0, 0.05) is 6.07 Å². The number of methoxy groups -OCH3 is 1. The minimum atomic E-state index is 0.446. The van der Waals surface area contributed by atoms with Crippen molar-refractivity contribution in [3.63, 3.8) is 0 Å². The van der Waals surface area contributed by atoms with Crippen LogP contribution >= 0.6 is 0 Å². The van der Waals surface area contributed by atoms with Crippen LogP contribution in [0.25, 0.3) is 0 Å². The maximum atomic E-state index is 5.70. The zero-order valence-electron chi connectivity index (χ0n) is 10.0. The Balaban J connectivity index is 2.05. The summed E-state index contributed by atoms with van der Waals surface area (Å²) in [5.41, 5.74) is 1.97. The van der Waals surface area contributed by atoms with Crippen molar-refractivity contribution >= 4 is 0 Å². The van der Waals surface area contributed by atoms with Crippen LogP contribution in [0, 0.1) is 6.92 Å². The highest BCUT2D eigenvalue weighted by atomic mass is 16.5. The third kappa shape index (κ3) is 2.97. The second-order valence-electron chi connectivity index (χ2n) is 3.73. The molecule has 0 spiro atoms. The zero-order chi connectivity index (χ0) is 12.1. The largest absolute Gasteiger partial charge is 0.487 e. The Labute approximate surface area is 101 Å². The first-order chi connectivity index (χ1) is 8.29. The minimum absolute atomic E-state index is 0.446. The van der Waals surface area contributed by atoms with E-state index in [0.717, 1.165) is 17.0 Å². The number of aromatic nitrogens is 1. The Morgan fingerprint density at radius 3 is 2.65 bits per heavy atom. The van der Waals surface area contributed by atoms with Crippen LogP contribution in [0.15, 0.2) is 42.5 Å². The van der Waals surface area contributed by atoms with Crippen molar-refractivity contribution in [1.29, 1.82) is 0 Å². The van der Waals surface area contributed by atoms with Gasteiger partial charge in [0.15, 0.2) is 0 Å². The highest BCUT2D eigenvalue weighted by Crippen LogP contribution is 2.17. The predicted octanol–water partition coefficient (Wildman–Crippen LogP) is 2.98. The number of hydrogen-bond donors (Lipinski definition) is 0. The lowest BCUT2D eigenvalue weighted by Gasteiger charge is -2.08. The molecule has 2 aromatic rings. The van der Waals surface area contributed by atoms with Crippen LogP contribution in [0.5, 0.6) is 11.6 Å². The first-order valence-corrected chi connectivity index (χ1v) is 5.48. The molecule has 0 aliphatic carbocycles. The number of ether oxygens (including phenoxy) is 2. The molecule has 3 heteroatoms. The first kappa shape index (κ1) is 11.5. The molecule has 1 heterocycles. The van der Waals surface area contributed by atoms with Gasteiger partial charge in [-0.3, -0.25) is 0 Å². The van der Waals surface area contributed by atoms with Crippen molar-refractivity contribution in [2.75, 3.05) is 7.11 Å². The normalized spacial score (nSPS) is 10.0. The van der Waals surface area contributed by atoms with Crippen LogP contribution in [0.3, 0.4) is 0 Å². The highest BCUT2D eigenvalue weighted by Gasteiger charge is 2.01. The van der Waals surface area contributed by atoms with E-state index in [4.69, 9.17) is 9.47 Å². The topological polar surface area (TPSA) is 31.4 Å². The molecule has 0 aliphatic rings. The molecular formula is C14H15NO2. The van der Waals surface area contributed by atoms with E-state index in [1.165, 1.54) is 0 Å². The fraction of sp³-hybridized carbons (Fsp3) is 0.214. The van der Waals surface area contributed by atoms with E-state index >= 15 is 0 Å². The van der Waals surface area contributed by atoms with Gasteiger partial charge in [-0.05, 0) is 24.6 Å². The molecule has 0 radical (unpaired) electrons. The molecule has 2 rings (SSSR count). The van der Waals surface area contributed by atoms with Crippen LogP contribution in [0.1, 0.15) is 11.3 Å². The Bertz CT molecular complexity index is 497. The van der Waals surface area contributed by atoms with Gasteiger partial charge in [0.05, 0.1) is 12.8 Å². The maximum absolute atomic E-state index is 5.70. The number of para-hydroxylation sites is 1. The smallest absolute Gasteiger partial charge is 0.213 e. The lowest BCUT2D eigenvalue weighted by Crippen LogP contribution is -2.00. The van der Waals surface area contributed by atoms with Crippen LogP contribution in [-0.4, -0.2) is 12.1 Å². The molecule has 0 saturated heterocycles. The molecule has 17 heavy (non-hydrogen) atoms. The minimum Gasteiger partial charge on any atom is -0.487 e. The van der Waals surface area contributed by atoms with Gasteiger partial charge >= 0.3 is 0 Å². The average Bonchev–Trinajstić information content (AvgIpc) is 2.38. The molecule has 3 nitrogen and oxygen atoms in total. The van der Waals surface area contributed by atoms with Crippen molar-refractivity contribution in [2.45, 2.75) is 13.5 Å². The van der Waals surface area contributed by atoms with E-state index < -0.39 is 0 Å². The van der Waals surface area contributed by atoms with Crippen molar-refractivity contribution in [3.05, 3.63) is 53.7 Å². The van der Waals surface area contributed by atoms with Crippen molar-refractivity contribution in [1.82, 2.24) is 4.98 Å². The molecule has 0 amide bonds. The molecule has 0 fully saturated rings. The van der Waals surface area contributed by atoms with Gasteiger partial charge in [-0.25, -0.2) is 4.98 Å². The van der Waals surface area contributed by atoms with Crippen LogP contribution in [-0.2, 0) is 6.61 Å². The lowest BCUT2D eigenvalue weighted by molar-refractivity contribution is 0.296. The van der Waals surface area contributed by atoms with E-state index in [1.807, 2.05) is 49.4 Å². The summed E-state index contributed by atoms with van der Waals surface area (Å²) in [6, 6.07) is 13.6. The molecule has 1 aromatic carbocycles. The SMILES string of the molecule is COc1cccc(COc2ccccc2C)n1. The summed E-state index contributed by atoms with van der Waals surface area (Å²) in [6.07, 6.45) is 0. The summed E-state index contributed by atoms with van der Waals surface area (Å²) in [4.78, 5) is 4.29. The number of nitrogens with zero attached hydrogens (tertiary/aromatic N) is 1. The number of aryl methyl sites for hydroxylation is 1. The summed E-state index contributed by atoms with van der Waals surface area (Å²) in [5.74, 6) is 1.49. The Morgan fingerprint density at radius 2 is 1.88 bits per heavy atom. The third-order valence-corrected chi connectivity index (χ3v) is 2.46. The van der Waals surface area contributed by atoms with Gasteiger partial charge in [0.25, 0.3) is 0 Å². The number of pyridine rings is 1. The Hall–Kier alpha value is -2.03.